The summed E-state index contributed by atoms with van der Waals surface area (Å²) in [4.78, 5) is 0. The Morgan fingerprint density at radius 3 is 2.50 bits per heavy atom. The lowest BCUT2D eigenvalue weighted by Gasteiger charge is -2.13. The molecule has 0 unspecified atom stereocenters. The maximum absolute atomic E-state index is 9.08. The average Bonchev–Trinajstić information content (AvgIpc) is 2.36. The van der Waals surface area contributed by atoms with E-state index in [1.54, 1.807) is 6.07 Å². The normalized spacial score (nSPS) is 10.7. The van der Waals surface area contributed by atoms with Crippen LogP contribution in [0.5, 0.6) is 11.5 Å². The van der Waals surface area contributed by atoms with E-state index in [0.29, 0.717) is 31.3 Å². The molecule has 4 nitrogen and oxygen atoms in total. The molecule has 1 aromatic carbocycles. The Hall–Kier alpha value is -1.26. The van der Waals surface area contributed by atoms with Gasteiger partial charge in [0, 0.05) is 0 Å². The van der Waals surface area contributed by atoms with E-state index in [9.17, 15) is 0 Å². The van der Waals surface area contributed by atoms with E-state index in [-0.39, 0.29) is 12.7 Å². The quantitative estimate of drug-likeness (QED) is 0.724. The van der Waals surface area contributed by atoms with Crippen LogP contribution in [0.25, 0.3) is 0 Å². The third-order valence-electron chi connectivity index (χ3n) is 2.28. The van der Waals surface area contributed by atoms with Crippen LogP contribution >= 0.6 is 0 Å². The first-order valence-corrected chi connectivity index (χ1v) is 6.28. The number of aliphatic hydroxyl groups excluding tert-OH is 1. The summed E-state index contributed by atoms with van der Waals surface area (Å²) in [5.41, 5.74) is 0.809. The maximum atomic E-state index is 9.08. The van der Waals surface area contributed by atoms with Crippen molar-refractivity contribution in [3.8, 4) is 11.5 Å². The number of rotatable bonds is 8. The lowest BCUT2D eigenvalue weighted by Crippen LogP contribution is -2.11. The molecule has 0 aliphatic carbocycles. The predicted molar refractivity (Wildman–Crippen MR) is 70.1 cm³/mol. The highest BCUT2D eigenvalue weighted by atomic mass is 16.5. The summed E-state index contributed by atoms with van der Waals surface area (Å²) in [6.45, 7) is 7.48. The van der Waals surface area contributed by atoms with Crippen molar-refractivity contribution >= 4 is 0 Å². The summed E-state index contributed by atoms with van der Waals surface area (Å²) in [6.07, 6.45) is 0.205. The summed E-state index contributed by atoms with van der Waals surface area (Å²) >= 11 is 0. The fourth-order valence-corrected chi connectivity index (χ4v) is 1.47. The van der Waals surface area contributed by atoms with Crippen LogP contribution in [0.15, 0.2) is 18.2 Å². The molecule has 1 N–H and O–H groups in total. The van der Waals surface area contributed by atoms with E-state index in [1.165, 1.54) is 0 Å². The van der Waals surface area contributed by atoms with Crippen LogP contribution in [0.3, 0.4) is 0 Å². The Labute approximate surface area is 108 Å². The molecule has 0 aromatic heterocycles. The highest BCUT2D eigenvalue weighted by Gasteiger charge is 2.06. The second kappa shape index (κ2) is 7.95. The van der Waals surface area contributed by atoms with Gasteiger partial charge in [0.15, 0.2) is 11.5 Å². The van der Waals surface area contributed by atoms with E-state index < -0.39 is 0 Å². The maximum Gasteiger partial charge on any atom is 0.161 e. The van der Waals surface area contributed by atoms with Gasteiger partial charge in [-0.05, 0) is 38.5 Å². The van der Waals surface area contributed by atoms with Crippen LogP contribution in [-0.2, 0) is 11.3 Å². The zero-order valence-electron chi connectivity index (χ0n) is 11.3. The second-order valence-corrected chi connectivity index (χ2v) is 4.14. The van der Waals surface area contributed by atoms with E-state index in [0.717, 1.165) is 5.56 Å². The van der Waals surface area contributed by atoms with Crippen molar-refractivity contribution in [1.29, 1.82) is 0 Å². The first-order chi connectivity index (χ1) is 8.67. The molecule has 0 heterocycles. The Bertz CT molecular complexity index is 350. The molecular formula is C14H22O4. The Morgan fingerprint density at radius 1 is 1.11 bits per heavy atom. The lowest BCUT2D eigenvalue weighted by atomic mass is 10.2. The molecule has 0 aliphatic rings. The molecule has 0 amide bonds. The summed E-state index contributed by atoms with van der Waals surface area (Å²) in [6, 6.07) is 5.43. The molecule has 1 rings (SSSR count). The Morgan fingerprint density at radius 2 is 1.89 bits per heavy atom. The van der Waals surface area contributed by atoms with Gasteiger partial charge in [0.05, 0.1) is 25.9 Å². The van der Waals surface area contributed by atoms with Crippen molar-refractivity contribution in [3.63, 3.8) is 0 Å². The molecule has 18 heavy (non-hydrogen) atoms. The van der Waals surface area contributed by atoms with Gasteiger partial charge in [-0.3, -0.25) is 0 Å². The van der Waals surface area contributed by atoms with Crippen molar-refractivity contribution in [3.05, 3.63) is 23.8 Å². The van der Waals surface area contributed by atoms with Gasteiger partial charge < -0.3 is 19.3 Å². The first kappa shape index (κ1) is 14.8. The zero-order valence-corrected chi connectivity index (χ0v) is 11.3. The highest BCUT2D eigenvalue weighted by molar-refractivity contribution is 5.42. The average molecular weight is 254 g/mol. The monoisotopic (exact) mass is 254 g/mol. The summed E-state index contributed by atoms with van der Waals surface area (Å²) in [5, 5.41) is 9.08. The van der Waals surface area contributed by atoms with Crippen LogP contribution in [0.2, 0.25) is 0 Å². The van der Waals surface area contributed by atoms with Crippen LogP contribution in [-0.4, -0.2) is 31.0 Å². The predicted octanol–water partition coefficient (Wildman–Crippen LogP) is 2.38. The van der Waals surface area contributed by atoms with Gasteiger partial charge in [-0.2, -0.15) is 0 Å². The minimum absolute atomic E-state index is 0.00316. The van der Waals surface area contributed by atoms with Gasteiger partial charge in [0.2, 0.25) is 0 Å². The van der Waals surface area contributed by atoms with E-state index in [1.807, 2.05) is 32.9 Å². The van der Waals surface area contributed by atoms with Gasteiger partial charge in [-0.1, -0.05) is 6.07 Å². The molecule has 0 bridgehead atoms. The molecule has 0 saturated heterocycles. The third-order valence-corrected chi connectivity index (χ3v) is 2.28. The Balaban J connectivity index is 2.57. The summed E-state index contributed by atoms with van der Waals surface area (Å²) in [7, 11) is 0. The SMILES string of the molecule is CCOc1cc(CO)ccc1OCCOC(C)C. The number of hydrogen-bond donors (Lipinski definition) is 1. The summed E-state index contributed by atoms with van der Waals surface area (Å²) < 4.78 is 16.5. The number of benzene rings is 1. The Kier molecular flexibility index (Phi) is 6.54. The molecule has 1 aromatic rings. The largest absolute Gasteiger partial charge is 0.490 e. The van der Waals surface area contributed by atoms with Gasteiger partial charge in [-0.15, -0.1) is 0 Å². The molecule has 102 valence electrons. The fourth-order valence-electron chi connectivity index (χ4n) is 1.47. The third kappa shape index (κ3) is 4.94. The van der Waals surface area contributed by atoms with Gasteiger partial charge in [0.25, 0.3) is 0 Å². The second-order valence-electron chi connectivity index (χ2n) is 4.14. The first-order valence-electron chi connectivity index (χ1n) is 6.28. The summed E-state index contributed by atoms with van der Waals surface area (Å²) in [5.74, 6) is 1.34. The topological polar surface area (TPSA) is 47.9 Å². The molecule has 0 aliphatic heterocycles. The van der Waals surface area contributed by atoms with Crippen LogP contribution in [0, 0.1) is 0 Å². The van der Waals surface area contributed by atoms with Gasteiger partial charge in [0.1, 0.15) is 6.61 Å². The minimum Gasteiger partial charge on any atom is -0.490 e. The van der Waals surface area contributed by atoms with E-state index in [2.05, 4.69) is 0 Å². The standard InChI is InChI=1S/C14H22O4/c1-4-16-14-9-12(10-15)5-6-13(14)18-8-7-17-11(2)3/h5-6,9,11,15H,4,7-8,10H2,1-3H3. The number of ether oxygens (including phenoxy) is 3. The minimum atomic E-state index is -0.00316. The fraction of sp³-hybridized carbons (Fsp3) is 0.571. The molecule has 0 fully saturated rings. The molecule has 0 atom stereocenters. The molecule has 4 heteroatoms. The van der Waals surface area contributed by atoms with Crippen molar-refractivity contribution in [2.45, 2.75) is 33.5 Å². The molecule has 0 saturated carbocycles. The van der Waals surface area contributed by atoms with Crippen molar-refractivity contribution < 1.29 is 19.3 Å². The van der Waals surface area contributed by atoms with Crippen LogP contribution in [0.1, 0.15) is 26.3 Å². The van der Waals surface area contributed by atoms with Crippen molar-refractivity contribution in [2.24, 2.45) is 0 Å². The molecular weight excluding hydrogens is 232 g/mol. The van der Waals surface area contributed by atoms with Gasteiger partial charge >= 0.3 is 0 Å². The zero-order chi connectivity index (χ0) is 13.4. The lowest BCUT2D eigenvalue weighted by molar-refractivity contribution is 0.0545. The molecule has 0 spiro atoms. The number of aliphatic hydroxyl groups is 1. The van der Waals surface area contributed by atoms with E-state index in [4.69, 9.17) is 19.3 Å². The van der Waals surface area contributed by atoms with Crippen molar-refractivity contribution in [2.75, 3.05) is 19.8 Å². The van der Waals surface area contributed by atoms with Gasteiger partial charge in [-0.25, -0.2) is 0 Å². The van der Waals surface area contributed by atoms with Crippen LogP contribution < -0.4 is 9.47 Å². The van der Waals surface area contributed by atoms with Crippen molar-refractivity contribution in [1.82, 2.24) is 0 Å². The smallest absolute Gasteiger partial charge is 0.161 e. The highest BCUT2D eigenvalue weighted by Crippen LogP contribution is 2.28. The molecule has 0 radical (unpaired) electrons. The van der Waals surface area contributed by atoms with E-state index >= 15 is 0 Å². The van der Waals surface area contributed by atoms with Crippen LogP contribution in [0.4, 0.5) is 0 Å². The number of hydrogen-bond acceptors (Lipinski definition) is 4.